The van der Waals surface area contributed by atoms with Crippen LogP contribution in [0.4, 0.5) is 5.69 Å². The lowest BCUT2D eigenvalue weighted by atomic mass is 10.1. The van der Waals surface area contributed by atoms with Crippen LogP contribution in [-0.4, -0.2) is 16.1 Å². The van der Waals surface area contributed by atoms with Gasteiger partial charge in [-0.2, -0.15) is 0 Å². The zero-order valence-corrected chi connectivity index (χ0v) is 12.3. The van der Waals surface area contributed by atoms with Crippen molar-refractivity contribution >= 4 is 16.7 Å². The van der Waals surface area contributed by atoms with Crippen LogP contribution in [0.25, 0.3) is 11.0 Å². The summed E-state index contributed by atoms with van der Waals surface area (Å²) < 4.78 is 2.32. The van der Waals surface area contributed by atoms with Gasteiger partial charge in [0.05, 0.1) is 11.0 Å². The van der Waals surface area contributed by atoms with Gasteiger partial charge < -0.3 is 9.88 Å². The number of aryl methyl sites for hydroxylation is 1. The van der Waals surface area contributed by atoms with Crippen LogP contribution in [0.5, 0.6) is 0 Å². The minimum atomic E-state index is 0.886. The molecule has 1 aromatic heterocycles. The standard InChI is InChI=1S/C18H19N3/c1-2-21-17-6-4-3-5-15(17)20-18(21)12-13-7-8-14-9-10-19-16(14)11-13/h3-8,11,19H,2,9-10,12H2,1H3. The molecule has 1 aliphatic rings. The van der Waals surface area contributed by atoms with E-state index in [9.17, 15) is 0 Å². The number of benzene rings is 2. The Morgan fingerprint density at radius 1 is 1.19 bits per heavy atom. The second-order valence-electron chi connectivity index (χ2n) is 5.61. The molecule has 0 atom stereocenters. The van der Waals surface area contributed by atoms with Gasteiger partial charge in [-0.3, -0.25) is 0 Å². The third kappa shape index (κ3) is 2.09. The zero-order valence-electron chi connectivity index (χ0n) is 12.3. The second-order valence-corrected chi connectivity index (χ2v) is 5.61. The lowest BCUT2D eigenvalue weighted by Gasteiger charge is -2.08. The molecule has 0 saturated carbocycles. The molecule has 4 rings (SSSR count). The molecule has 21 heavy (non-hydrogen) atoms. The fourth-order valence-corrected chi connectivity index (χ4v) is 3.24. The number of para-hydroxylation sites is 2. The summed E-state index contributed by atoms with van der Waals surface area (Å²) in [5, 5.41) is 3.45. The summed E-state index contributed by atoms with van der Waals surface area (Å²) in [4.78, 5) is 4.81. The maximum atomic E-state index is 4.81. The molecule has 0 unspecified atom stereocenters. The molecule has 2 heterocycles. The van der Waals surface area contributed by atoms with Crippen molar-refractivity contribution in [1.29, 1.82) is 0 Å². The van der Waals surface area contributed by atoms with Crippen LogP contribution < -0.4 is 5.32 Å². The van der Waals surface area contributed by atoms with E-state index < -0.39 is 0 Å². The molecule has 106 valence electrons. The van der Waals surface area contributed by atoms with E-state index in [-0.39, 0.29) is 0 Å². The van der Waals surface area contributed by atoms with Crippen LogP contribution in [0, 0.1) is 0 Å². The lowest BCUT2D eigenvalue weighted by molar-refractivity contribution is 0.733. The molecule has 3 aromatic rings. The molecular weight excluding hydrogens is 258 g/mol. The van der Waals surface area contributed by atoms with E-state index in [0.717, 1.165) is 37.3 Å². The van der Waals surface area contributed by atoms with Gasteiger partial charge in [-0.05, 0) is 42.7 Å². The van der Waals surface area contributed by atoms with Crippen LogP contribution in [0.3, 0.4) is 0 Å². The molecule has 0 amide bonds. The highest BCUT2D eigenvalue weighted by Gasteiger charge is 2.13. The van der Waals surface area contributed by atoms with Gasteiger partial charge in [0, 0.05) is 25.2 Å². The van der Waals surface area contributed by atoms with Gasteiger partial charge in [0.25, 0.3) is 0 Å². The third-order valence-corrected chi connectivity index (χ3v) is 4.30. The molecule has 0 saturated heterocycles. The van der Waals surface area contributed by atoms with Crippen molar-refractivity contribution < 1.29 is 0 Å². The Balaban J connectivity index is 1.74. The highest BCUT2D eigenvalue weighted by atomic mass is 15.1. The van der Waals surface area contributed by atoms with Gasteiger partial charge >= 0.3 is 0 Å². The van der Waals surface area contributed by atoms with Crippen molar-refractivity contribution in [3.63, 3.8) is 0 Å². The number of anilines is 1. The quantitative estimate of drug-likeness (QED) is 0.792. The number of rotatable bonds is 3. The van der Waals surface area contributed by atoms with Crippen LogP contribution in [0.1, 0.15) is 23.9 Å². The fraction of sp³-hybridized carbons (Fsp3) is 0.278. The van der Waals surface area contributed by atoms with Crippen molar-refractivity contribution in [3.05, 3.63) is 59.4 Å². The normalized spacial score (nSPS) is 13.4. The summed E-state index contributed by atoms with van der Waals surface area (Å²) in [6, 6.07) is 15.2. The number of aromatic nitrogens is 2. The molecule has 1 N–H and O–H groups in total. The van der Waals surface area contributed by atoms with Gasteiger partial charge in [-0.1, -0.05) is 24.3 Å². The predicted molar refractivity (Wildman–Crippen MR) is 86.8 cm³/mol. The molecule has 0 radical (unpaired) electrons. The predicted octanol–water partition coefficient (Wildman–Crippen LogP) is 3.62. The summed E-state index contributed by atoms with van der Waals surface area (Å²) in [5.74, 6) is 1.15. The van der Waals surface area contributed by atoms with Crippen molar-refractivity contribution in [1.82, 2.24) is 9.55 Å². The SMILES string of the molecule is CCn1c(Cc2ccc3c(c2)NCC3)nc2ccccc21. The minimum absolute atomic E-state index is 0.886. The molecular formula is C18H19N3. The average Bonchev–Trinajstić information content (AvgIpc) is 3.10. The molecule has 1 aliphatic heterocycles. The van der Waals surface area contributed by atoms with Crippen molar-refractivity contribution in [2.24, 2.45) is 0 Å². The Kier molecular flexibility index (Phi) is 2.92. The first kappa shape index (κ1) is 12.5. The van der Waals surface area contributed by atoms with E-state index in [1.165, 1.54) is 22.3 Å². The van der Waals surface area contributed by atoms with Crippen LogP contribution in [-0.2, 0) is 19.4 Å². The molecule has 0 spiro atoms. The zero-order chi connectivity index (χ0) is 14.2. The average molecular weight is 277 g/mol. The highest BCUT2D eigenvalue weighted by molar-refractivity contribution is 5.76. The van der Waals surface area contributed by atoms with Gasteiger partial charge in [0.2, 0.25) is 0 Å². The second kappa shape index (κ2) is 4.92. The first-order valence-corrected chi connectivity index (χ1v) is 7.65. The van der Waals surface area contributed by atoms with E-state index >= 15 is 0 Å². The van der Waals surface area contributed by atoms with E-state index in [1.807, 2.05) is 0 Å². The first-order valence-electron chi connectivity index (χ1n) is 7.65. The lowest BCUT2D eigenvalue weighted by Crippen LogP contribution is -2.03. The summed E-state index contributed by atoms with van der Waals surface area (Å²) >= 11 is 0. The van der Waals surface area contributed by atoms with Crippen molar-refractivity contribution in [2.75, 3.05) is 11.9 Å². The molecule has 3 nitrogen and oxygen atoms in total. The van der Waals surface area contributed by atoms with E-state index in [4.69, 9.17) is 4.98 Å². The van der Waals surface area contributed by atoms with Crippen LogP contribution >= 0.6 is 0 Å². The summed E-state index contributed by atoms with van der Waals surface area (Å²) in [7, 11) is 0. The van der Waals surface area contributed by atoms with Gasteiger partial charge in [-0.25, -0.2) is 4.98 Å². The van der Waals surface area contributed by atoms with E-state index in [2.05, 4.69) is 59.3 Å². The smallest absolute Gasteiger partial charge is 0.114 e. The number of nitrogens with zero attached hydrogens (tertiary/aromatic N) is 2. The van der Waals surface area contributed by atoms with Crippen LogP contribution in [0.2, 0.25) is 0 Å². The summed E-state index contributed by atoms with van der Waals surface area (Å²) in [6.45, 7) is 4.20. The molecule has 3 heteroatoms. The molecule has 0 bridgehead atoms. The minimum Gasteiger partial charge on any atom is -0.384 e. The Labute approximate surface area is 124 Å². The Morgan fingerprint density at radius 3 is 3.00 bits per heavy atom. The molecule has 0 fully saturated rings. The maximum Gasteiger partial charge on any atom is 0.114 e. The molecule has 2 aromatic carbocycles. The number of nitrogens with one attached hydrogen (secondary N) is 1. The number of hydrogen-bond acceptors (Lipinski definition) is 2. The van der Waals surface area contributed by atoms with Crippen LogP contribution in [0.15, 0.2) is 42.5 Å². The molecule has 0 aliphatic carbocycles. The van der Waals surface area contributed by atoms with E-state index in [1.54, 1.807) is 0 Å². The topological polar surface area (TPSA) is 29.9 Å². The Morgan fingerprint density at radius 2 is 2.10 bits per heavy atom. The number of imidazole rings is 1. The van der Waals surface area contributed by atoms with E-state index in [0.29, 0.717) is 0 Å². The number of hydrogen-bond donors (Lipinski definition) is 1. The van der Waals surface area contributed by atoms with Crippen molar-refractivity contribution in [2.45, 2.75) is 26.3 Å². The van der Waals surface area contributed by atoms with Gasteiger partial charge in [-0.15, -0.1) is 0 Å². The first-order chi connectivity index (χ1) is 10.3. The van der Waals surface area contributed by atoms with Gasteiger partial charge in [0.1, 0.15) is 5.82 Å². The van der Waals surface area contributed by atoms with Crippen molar-refractivity contribution in [3.8, 4) is 0 Å². The van der Waals surface area contributed by atoms with Gasteiger partial charge in [0.15, 0.2) is 0 Å². The Hall–Kier alpha value is -2.29. The fourth-order valence-electron chi connectivity index (χ4n) is 3.24. The maximum absolute atomic E-state index is 4.81. The largest absolute Gasteiger partial charge is 0.384 e. The monoisotopic (exact) mass is 277 g/mol. The third-order valence-electron chi connectivity index (χ3n) is 4.30. The summed E-state index contributed by atoms with van der Waals surface area (Å²) in [5.41, 5.74) is 6.38. The summed E-state index contributed by atoms with van der Waals surface area (Å²) in [6.07, 6.45) is 2.03. The highest BCUT2D eigenvalue weighted by Crippen LogP contribution is 2.25. The number of fused-ring (bicyclic) bond motifs is 2. The Bertz CT molecular complexity index is 801.